The number of amides is 1. The topological polar surface area (TPSA) is 64.3 Å². The summed E-state index contributed by atoms with van der Waals surface area (Å²) in [6.07, 6.45) is 21.9. The summed E-state index contributed by atoms with van der Waals surface area (Å²) in [5.41, 5.74) is 0. The van der Waals surface area contributed by atoms with E-state index in [0.29, 0.717) is 19.6 Å². The van der Waals surface area contributed by atoms with Gasteiger partial charge in [0.25, 0.3) is 0 Å². The summed E-state index contributed by atoms with van der Waals surface area (Å²) in [6, 6.07) is 0. The predicted molar refractivity (Wildman–Crippen MR) is 103 cm³/mol. The minimum atomic E-state index is 0.102. The van der Waals surface area contributed by atoms with Crippen molar-refractivity contribution >= 4 is 5.91 Å². The van der Waals surface area contributed by atoms with E-state index in [1.54, 1.807) is 0 Å². The molecular weight excluding hydrogens is 300 g/mol. The Hall–Kier alpha value is -0.870. The van der Waals surface area contributed by atoms with Crippen LogP contribution in [0.25, 0.3) is 0 Å². The lowest BCUT2D eigenvalue weighted by Gasteiger charge is -2.04. The van der Waals surface area contributed by atoms with Crippen molar-refractivity contribution in [3.63, 3.8) is 0 Å². The van der Waals surface area contributed by atoms with E-state index in [4.69, 9.17) is 5.90 Å². The second-order valence-corrected chi connectivity index (χ2v) is 6.56. The molecule has 4 heteroatoms. The summed E-state index contributed by atoms with van der Waals surface area (Å²) >= 11 is 0. The second-order valence-electron chi connectivity index (χ2n) is 6.56. The molecule has 0 saturated carbocycles. The Kier molecular flexibility index (Phi) is 19.4. The van der Waals surface area contributed by atoms with E-state index in [2.05, 4.69) is 29.2 Å². The molecule has 3 N–H and O–H groups in total. The third-order valence-electron chi connectivity index (χ3n) is 4.21. The number of hydrogen-bond donors (Lipinski definition) is 2. The second kappa shape index (κ2) is 20.2. The molecule has 0 spiro atoms. The Morgan fingerprint density at radius 2 is 1.42 bits per heavy atom. The van der Waals surface area contributed by atoms with Gasteiger partial charge in [-0.05, 0) is 32.1 Å². The van der Waals surface area contributed by atoms with Crippen LogP contribution >= 0.6 is 0 Å². The van der Waals surface area contributed by atoms with E-state index in [1.165, 1.54) is 70.6 Å². The average molecular weight is 341 g/mol. The van der Waals surface area contributed by atoms with E-state index < -0.39 is 0 Å². The lowest BCUT2D eigenvalue weighted by atomic mass is 10.1. The molecule has 0 aromatic heterocycles. The van der Waals surface area contributed by atoms with Crippen molar-refractivity contribution in [1.82, 2.24) is 5.32 Å². The van der Waals surface area contributed by atoms with Crippen molar-refractivity contribution in [2.75, 3.05) is 13.2 Å². The van der Waals surface area contributed by atoms with Gasteiger partial charge in [-0.2, -0.15) is 0 Å². The van der Waals surface area contributed by atoms with E-state index in [1.807, 2.05) is 0 Å². The van der Waals surface area contributed by atoms with E-state index >= 15 is 0 Å². The summed E-state index contributed by atoms with van der Waals surface area (Å²) in [4.78, 5) is 15.8. The fourth-order valence-electron chi connectivity index (χ4n) is 2.69. The molecule has 0 atom stereocenters. The molecule has 0 aromatic rings. The number of carbonyl (C=O) groups is 1. The monoisotopic (exact) mass is 340 g/mol. The standard InChI is InChI=1S/C20H40N2O2/c1-2-3-4-5-6-7-8-9-10-11-12-13-14-15-16-17-20(23)22-18-19-24-21/h9-10H,2-8,11-19,21H2,1H3,(H,22,23)/b10-9-. The molecule has 0 bridgehead atoms. The SMILES string of the molecule is CCCCCCCC/C=C\CCCCCCCC(=O)NCCON. The first-order valence-corrected chi connectivity index (χ1v) is 10.0. The number of unbranched alkanes of at least 4 members (excludes halogenated alkanes) is 11. The van der Waals surface area contributed by atoms with Gasteiger partial charge in [-0.1, -0.05) is 70.4 Å². The first kappa shape index (κ1) is 23.1. The number of carbonyl (C=O) groups excluding carboxylic acids is 1. The molecule has 0 fully saturated rings. The molecular formula is C20H40N2O2. The van der Waals surface area contributed by atoms with Crippen LogP contribution < -0.4 is 11.2 Å². The van der Waals surface area contributed by atoms with Crippen LogP contribution in [-0.2, 0) is 9.63 Å². The molecule has 0 aliphatic carbocycles. The third kappa shape index (κ3) is 19.2. The first-order valence-electron chi connectivity index (χ1n) is 10.0. The van der Waals surface area contributed by atoms with Crippen LogP contribution in [0.4, 0.5) is 0 Å². The Labute approximate surface area is 149 Å². The van der Waals surface area contributed by atoms with Gasteiger partial charge in [0, 0.05) is 13.0 Å². The molecule has 24 heavy (non-hydrogen) atoms. The molecule has 0 saturated heterocycles. The zero-order valence-electron chi connectivity index (χ0n) is 15.9. The number of hydrogen-bond acceptors (Lipinski definition) is 3. The van der Waals surface area contributed by atoms with E-state index in [9.17, 15) is 4.79 Å². The number of nitrogens with two attached hydrogens (primary N) is 1. The lowest BCUT2D eigenvalue weighted by Crippen LogP contribution is -2.27. The molecule has 0 radical (unpaired) electrons. The predicted octanol–water partition coefficient (Wildman–Crippen LogP) is 5.03. The summed E-state index contributed by atoms with van der Waals surface area (Å²) in [5.74, 6) is 5.00. The first-order chi connectivity index (χ1) is 11.8. The number of allylic oxidation sites excluding steroid dienone is 2. The van der Waals surface area contributed by atoms with Crippen LogP contribution in [0, 0.1) is 0 Å². The normalized spacial score (nSPS) is 11.2. The molecule has 0 unspecified atom stereocenters. The van der Waals surface area contributed by atoms with Crippen molar-refractivity contribution in [3.8, 4) is 0 Å². The summed E-state index contributed by atoms with van der Waals surface area (Å²) in [5, 5.41) is 2.78. The number of nitrogens with one attached hydrogen (secondary N) is 1. The van der Waals surface area contributed by atoms with Gasteiger partial charge in [-0.15, -0.1) is 0 Å². The van der Waals surface area contributed by atoms with Gasteiger partial charge in [0.05, 0.1) is 6.61 Å². The maximum Gasteiger partial charge on any atom is 0.220 e. The maximum atomic E-state index is 11.4. The van der Waals surface area contributed by atoms with E-state index in [-0.39, 0.29) is 5.91 Å². The largest absolute Gasteiger partial charge is 0.354 e. The van der Waals surface area contributed by atoms with Gasteiger partial charge in [-0.25, -0.2) is 5.90 Å². The van der Waals surface area contributed by atoms with Gasteiger partial charge in [-0.3, -0.25) is 4.79 Å². The molecule has 0 rings (SSSR count). The van der Waals surface area contributed by atoms with Crippen LogP contribution in [-0.4, -0.2) is 19.1 Å². The fraction of sp³-hybridized carbons (Fsp3) is 0.850. The van der Waals surface area contributed by atoms with Crippen molar-refractivity contribution in [3.05, 3.63) is 12.2 Å². The zero-order valence-corrected chi connectivity index (χ0v) is 15.9. The van der Waals surface area contributed by atoms with Crippen molar-refractivity contribution in [1.29, 1.82) is 0 Å². The van der Waals surface area contributed by atoms with Crippen LogP contribution in [0.1, 0.15) is 96.8 Å². The summed E-state index contributed by atoms with van der Waals surface area (Å²) in [6.45, 7) is 3.14. The minimum Gasteiger partial charge on any atom is -0.354 e. The van der Waals surface area contributed by atoms with Crippen molar-refractivity contribution < 1.29 is 9.63 Å². The van der Waals surface area contributed by atoms with Crippen LogP contribution in [0.15, 0.2) is 12.2 Å². The highest BCUT2D eigenvalue weighted by Gasteiger charge is 1.99. The highest BCUT2D eigenvalue weighted by Crippen LogP contribution is 2.09. The lowest BCUT2D eigenvalue weighted by molar-refractivity contribution is -0.121. The molecule has 4 nitrogen and oxygen atoms in total. The number of rotatable bonds is 18. The maximum absolute atomic E-state index is 11.4. The van der Waals surface area contributed by atoms with Gasteiger partial charge >= 0.3 is 0 Å². The third-order valence-corrected chi connectivity index (χ3v) is 4.21. The minimum absolute atomic E-state index is 0.102. The zero-order chi connectivity index (χ0) is 17.7. The van der Waals surface area contributed by atoms with Gasteiger partial charge in [0.15, 0.2) is 0 Å². The van der Waals surface area contributed by atoms with E-state index in [0.717, 1.165) is 12.8 Å². The van der Waals surface area contributed by atoms with Crippen LogP contribution in [0.3, 0.4) is 0 Å². The van der Waals surface area contributed by atoms with Crippen LogP contribution in [0.5, 0.6) is 0 Å². The van der Waals surface area contributed by atoms with Gasteiger partial charge < -0.3 is 10.2 Å². The molecule has 142 valence electrons. The Morgan fingerprint density at radius 1 is 0.875 bits per heavy atom. The highest BCUT2D eigenvalue weighted by atomic mass is 16.6. The summed E-state index contributed by atoms with van der Waals surface area (Å²) < 4.78 is 0. The highest BCUT2D eigenvalue weighted by molar-refractivity contribution is 5.75. The molecule has 0 aliphatic rings. The Balaban J connectivity index is 3.16. The molecule has 0 heterocycles. The molecule has 0 aliphatic heterocycles. The Bertz CT molecular complexity index is 293. The Morgan fingerprint density at radius 3 is 2.00 bits per heavy atom. The average Bonchev–Trinajstić information content (AvgIpc) is 2.58. The smallest absolute Gasteiger partial charge is 0.220 e. The fourth-order valence-corrected chi connectivity index (χ4v) is 2.69. The summed E-state index contributed by atoms with van der Waals surface area (Å²) in [7, 11) is 0. The van der Waals surface area contributed by atoms with Crippen molar-refractivity contribution in [2.24, 2.45) is 5.90 Å². The van der Waals surface area contributed by atoms with Crippen molar-refractivity contribution in [2.45, 2.75) is 96.8 Å². The van der Waals surface area contributed by atoms with Gasteiger partial charge in [0.1, 0.15) is 0 Å². The van der Waals surface area contributed by atoms with Crippen LogP contribution in [0.2, 0.25) is 0 Å². The molecule has 0 aromatic carbocycles. The van der Waals surface area contributed by atoms with Gasteiger partial charge in [0.2, 0.25) is 5.91 Å². The quantitative estimate of drug-likeness (QED) is 0.209. The molecule has 1 amide bonds.